The molecule has 0 saturated carbocycles. The number of hydrogen-bond acceptors (Lipinski definition) is 7. The zero-order chi connectivity index (χ0) is 24.9. The normalized spacial score (nSPS) is 17.3. The Morgan fingerprint density at radius 2 is 1.97 bits per heavy atom. The number of benzene rings is 2. The molecule has 11 heteroatoms. The van der Waals surface area contributed by atoms with Gasteiger partial charge in [-0.05, 0) is 48.9 Å². The van der Waals surface area contributed by atoms with Gasteiger partial charge in [-0.1, -0.05) is 41.6 Å². The smallest absolute Gasteiger partial charge is 0.270 e. The van der Waals surface area contributed by atoms with E-state index < -0.39 is 5.82 Å². The van der Waals surface area contributed by atoms with E-state index in [4.69, 9.17) is 38.0 Å². The maximum atomic E-state index is 13.5. The van der Waals surface area contributed by atoms with Gasteiger partial charge in [0, 0.05) is 13.1 Å². The van der Waals surface area contributed by atoms with Crippen molar-refractivity contribution in [2.45, 2.75) is 6.92 Å². The fraction of sp³-hybridized carbons (Fsp3) is 0.292. The van der Waals surface area contributed by atoms with Crippen LogP contribution in [0.5, 0.6) is 11.5 Å². The van der Waals surface area contributed by atoms with Crippen molar-refractivity contribution in [1.29, 1.82) is 0 Å². The fourth-order valence-corrected chi connectivity index (χ4v) is 4.99. The lowest BCUT2D eigenvalue weighted by Gasteiger charge is -2.26. The lowest BCUT2D eigenvalue weighted by molar-refractivity contribution is -0.137. The van der Waals surface area contributed by atoms with E-state index in [1.54, 1.807) is 29.2 Å². The highest BCUT2D eigenvalue weighted by molar-refractivity contribution is 8.27. The van der Waals surface area contributed by atoms with Gasteiger partial charge in [0.15, 0.2) is 22.4 Å². The molecule has 0 spiro atoms. The molecule has 2 amide bonds. The van der Waals surface area contributed by atoms with Crippen molar-refractivity contribution in [3.8, 4) is 11.5 Å². The molecule has 0 atom stereocenters. The SMILES string of the molecule is CCOc1cc(/C=C2\SC(=S)N(c3ccc(F)c(Cl)c3)C2=O)ccc1OCC(=O)N1CCOCC1. The summed E-state index contributed by atoms with van der Waals surface area (Å²) in [5, 5.41) is -0.0930. The number of thiocarbonyl (C=S) groups is 1. The van der Waals surface area contributed by atoms with Crippen LogP contribution in [-0.2, 0) is 14.3 Å². The first-order valence-electron chi connectivity index (χ1n) is 10.9. The average molecular weight is 537 g/mol. The minimum absolute atomic E-state index is 0.0930. The van der Waals surface area contributed by atoms with Crippen LogP contribution in [0.3, 0.4) is 0 Å². The van der Waals surface area contributed by atoms with E-state index in [2.05, 4.69) is 0 Å². The lowest BCUT2D eigenvalue weighted by atomic mass is 10.1. The molecular weight excluding hydrogens is 515 g/mol. The quantitative estimate of drug-likeness (QED) is 0.380. The Hall–Kier alpha value is -2.66. The molecule has 184 valence electrons. The van der Waals surface area contributed by atoms with Crippen molar-refractivity contribution < 1.29 is 28.2 Å². The highest BCUT2D eigenvalue weighted by Crippen LogP contribution is 2.38. The van der Waals surface area contributed by atoms with Gasteiger partial charge in [0.2, 0.25) is 0 Å². The molecule has 2 aliphatic heterocycles. The van der Waals surface area contributed by atoms with Crippen molar-refractivity contribution in [2.75, 3.05) is 44.4 Å². The highest BCUT2D eigenvalue weighted by Gasteiger charge is 2.33. The van der Waals surface area contributed by atoms with Crippen molar-refractivity contribution in [2.24, 2.45) is 0 Å². The van der Waals surface area contributed by atoms with E-state index in [-0.39, 0.29) is 23.4 Å². The number of halogens is 2. The Kier molecular flexibility index (Phi) is 8.27. The highest BCUT2D eigenvalue weighted by atomic mass is 35.5. The van der Waals surface area contributed by atoms with Crippen LogP contribution >= 0.6 is 35.6 Å². The minimum Gasteiger partial charge on any atom is -0.490 e. The summed E-state index contributed by atoms with van der Waals surface area (Å²) >= 11 is 12.4. The van der Waals surface area contributed by atoms with Crippen LogP contribution < -0.4 is 14.4 Å². The first-order valence-corrected chi connectivity index (χ1v) is 12.5. The van der Waals surface area contributed by atoms with Crippen LogP contribution in [0.1, 0.15) is 12.5 Å². The second-order valence-corrected chi connectivity index (χ2v) is 9.62. The van der Waals surface area contributed by atoms with Crippen molar-refractivity contribution >= 4 is 63.5 Å². The van der Waals surface area contributed by atoms with Gasteiger partial charge in [0.25, 0.3) is 11.8 Å². The standard InChI is InChI=1S/C24H22ClFN2O5S2/c1-2-32-20-11-15(3-6-19(20)33-14-22(29)27-7-9-31-10-8-27)12-21-23(30)28(24(34)35-21)16-4-5-18(26)17(25)13-16/h3-6,11-13H,2,7-10,14H2,1H3/b21-12-. The van der Waals surface area contributed by atoms with E-state index in [0.29, 0.717) is 64.9 Å². The Balaban J connectivity index is 1.50. The van der Waals surface area contributed by atoms with Crippen LogP contribution in [0.25, 0.3) is 6.08 Å². The third kappa shape index (κ3) is 5.95. The van der Waals surface area contributed by atoms with Crippen LogP contribution in [0.4, 0.5) is 10.1 Å². The van der Waals surface area contributed by atoms with Gasteiger partial charge in [-0.15, -0.1) is 0 Å². The Morgan fingerprint density at radius 1 is 1.20 bits per heavy atom. The number of morpholine rings is 1. The fourth-order valence-electron chi connectivity index (χ4n) is 3.51. The predicted octanol–water partition coefficient (Wildman–Crippen LogP) is 4.52. The summed E-state index contributed by atoms with van der Waals surface area (Å²) in [6.45, 7) is 4.25. The molecule has 35 heavy (non-hydrogen) atoms. The number of amides is 2. The molecule has 2 aromatic rings. The molecule has 2 fully saturated rings. The van der Waals surface area contributed by atoms with Gasteiger partial charge >= 0.3 is 0 Å². The first-order chi connectivity index (χ1) is 16.9. The van der Waals surface area contributed by atoms with Crippen LogP contribution in [0, 0.1) is 5.82 Å². The number of anilines is 1. The largest absolute Gasteiger partial charge is 0.490 e. The number of rotatable bonds is 7. The molecule has 2 saturated heterocycles. The maximum absolute atomic E-state index is 13.5. The number of carbonyl (C=O) groups excluding carboxylic acids is 2. The molecule has 0 radical (unpaired) electrons. The van der Waals surface area contributed by atoms with Crippen LogP contribution in [-0.4, -0.2) is 60.6 Å². The Bertz CT molecular complexity index is 1190. The first kappa shape index (κ1) is 25.4. The van der Waals surface area contributed by atoms with Gasteiger partial charge in [-0.25, -0.2) is 4.39 Å². The summed E-state index contributed by atoms with van der Waals surface area (Å²) in [5.74, 6) is -0.147. The molecule has 0 aliphatic carbocycles. The summed E-state index contributed by atoms with van der Waals surface area (Å²) in [6, 6.07) is 9.20. The monoisotopic (exact) mass is 536 g/mol. The molecule has 0 N–H and O–H groups in total. The van der Waals surface area contributed by atoms with Gasteiger partial charge in [0.1, 0.15) is 5.82 Å². The van der Waals surface area contributed by atoms with Gasteiger partial charge in [-0.2, -0.15) is 0 Å². The number of thioether (sulfide) groups is 1. The van der Waals surface area contributed by atoms with Crippen LogP contribution in [0.15, 0.2) is 41.3 Å². The summed E-state index contributed by atoms with van der Waals surface area (Å²) in [6.07, 6.45) is 1.69. The van der Waals surface area contributed by atoms with Gasteiger partial charge in [0.05, 0.1) is 35.4 Å². The summed E-state index contributed by atoms with van der Waals surface area (Å²) in [4.78, 5) is 28.8. The van der Waals surface area contributed by atoms with Crippen molar-refractivity contribution in [3.05, 3.63) is 57.7 Å². The second-order valence-electron chi connectivity index (χ2n) is 7.54. The van der Waals surface area contributed by atoms with E-state index >= 15 is 0 Å². The van der Waals surface area contributed by atoms with Gasteiger partial charge in [-0.3, -0.25) is 14.5 Å². The third-order valence-corrected chi connectivity index (χ3v) is 6.83. The van der Waals surface area contributed by atoms with E-state index in [0.717, 1.165) is 11.8 Å². The molecule has 0 bridgehead atoms. The molecule has 0 aromatic heterocycles. The Morgan fingerprint density at radius 3 is 2.69 bits per heavy atom. The maximum Gasteiger partial charge on any atom is 0.270 e. The third-order valence-electron chi connectivity index (χ3n) is 5.24. The molecule has 2 aromatic carbocycles. The van der Waals surface area contributed by atoms with Crippen LogP contribution in [0.2, 0.25) is 5.02 Å². The lowest BCUT2D eigenvalue weighted by Crippen LogP contribution is -2.43. The molecule has 7 nitrogen and oxygen atoms in total. The van der Waals surface area contributed by atoms with E-state index in [1.807, 2.05) is 6.92 Å². The van der Waals surface area contributed by atoms with Crippen molar-refractivity contribution in [1.82, 2.24) is 4.90 Å². The minimum atomic E-state index is -0.575. The zero-order valence-electron chi connectivity index (χ0n) is 18.8. The van der Waals surface area contributed by atoms with E-state index in [9.17, 15) is 14.0 Å². The molecular formula is C24H22ClFN2O5S2. The summed E-state index contributed by atoms with van der Waals surface area (Å²) in [5.41, 5.74) is 1.09. The molecule has 4 rings (SSSR count). The number of ether oxygens (including phenoxy) is 3. The van der Waals surface area contributed by atoms with E-state index in [1.165, 1.54) is 23.1 Å². The molecule has 0 unspecified atom stereocenters. The zero-order valence-corrected chi connectivity index (χ0v) is 21.2. The van der Waals surface area contributed by atoms with Gasteiger partial charge < -0.3 is 19.1 Å². The average Bonchev–Trinajstić information content (AvgIpc) is 3.13. The van der Waals surface area contributed by atoms with Crippen molar-refractivity contribution in [3.63, 3.8) is 0 Å². The molecule has 2 heterocycles. The topological polar surface area (TPSA) is 68.3 Å². The number of nitrogens with zero attached hydrogens (tertiary/aromatic N) is 2. The number of hydrogen-bond donors (Lipinski definition) is 0. The number of carbonyl (C=O) groups is 2. The molecule has 2 aliphatic rings. The predicted molar refractivity (Wildman–Crippen MR) is 138 cm³/mol. The second kappa shape index (κ2) is 11.4. The summed E-state index contributed by atoms with van der Waals surface area (Å²) < 4.78 is 30.6. The summed E-state index contributed by atoms with van der Waals surface area (Å²) in [7, 11) is 0. The Labute approximate surface area is 216 Å².